The molecule has 51 heavy (non-hydrogen) atoms. The van der Waals surface area contributed by atoms with E-state index >= 15 is 0 Å². The van der Waals surface area contributed by atoms with E-state index in [4.69, 9.17) is 34.1 Å². The molecule has 3 fully saturated rings. The number of nitrogens with one attached hydrogen (secondary N) is 1. The molecule has 13 heteroatoms. The zero-order valence-corrected chi connectivity index (χ0v) is 30.5. The Morgan fingerprint density at radius 2 is 1.67 bits per heavy atom. The van der Waals surface area contributed by atoms with E-state index in [1.54, 1.807) is 12.1 Å². The molecule has 3 aromatic rings. The van der Waals surface area contributed by atoms with Gasteiger partial charge in [-0.1, -0.05) is 81.9 Å². The molecule has 4 atom stereocenters. The maximum absolute atomic E-state index is 13.9. The summed E-state index contributed by atoms with van der Waals surface area (Å²) in [5, 5.41) is 16.1. The van der Waals surface area contributed by atoms with Crippen LogP contribution in [0.5, 0.6) is 0 Å². The Morgan fingerprint density at radius 3 is 2.33 bits per heavy atom. The summed E-state index contributed by atoms with van der Waals surface area (Å²) in [7, 11) is 0. The minimum absolute atomic E-state index is 0.00877. The highest BCUT2D eigenvalue weighted by Crippen LogP contribution is 2.34. The van der Waals surface area contributed by atoms with Crippen molar-refractivity contribution >= 4 is 46.8 Å². The Balaban J connectivity index is 1.09. The van der Waals surface area contributed by atoms with Gasteiger partial charge in [-0.2, -0.15) is 0 Å². The summed E-state index contributed by atoms with van der Waals surface area (Å²) >= 11 is 12.7. The van der Waals surface area contributed by atoms with E-state index in [0.29, 0.717) is 67.7 Å². The van der Waals surface area contributed by atoms with Crippen LogP contribution in [0.2, 0.25) is 10.0 Å². The van der Waals surface area contributed by atoms with Crippen molar-refractivity contribution in [3.63, 3.8) is 0 Å². The molecule has 0 spiro atoms. The van der Waals surface area contributed by atoms with Crippen molar-refractivity contribution in [2.24, 2.45) is 10.9 Å². The van der Waals surface area contributed by atoms with Gasteiger partial charge in [-0.3, -0.25) is 24.6 Å². The summed E-state index contributed by atoms with van der Waals surface area (Å²) in [5.74, 6) is -0.0474. The molecule has 270 valence electrons. The molecular weight excluding hydrogens is 689 g/mol. The summed E-state index contributed by atoms with van der Waals surface area (Å²) in [6.45, 7) is 7.07. The second kappa shape index (κ2) is 16.0. The minimum Gasteiger partial charge on any atom is -0.409 e. The van der Waals surface area contributed by atoms with Crippen LogP contribution in [0.3, 0.4) is 0 Å². The highest BCUT2D eigenvalue weighted by atomic mass is 35.5. The number of hydrogen-bond acceptors (Lipinski definition) is 7. The van der Waals surface area contributed by atoms with Crippen LogP contribution < -0.4 is 11.1 Å². The van der Waals surface area contributed by atoms with E-state index in [0.717, 1.165) is 28.7 Å². The predicted octanol–water partition coefficient (Wildman–Crippen LogP) is 4.26. The number of amidine groups is 1. The number of nitrogens with zero attached hydrogens (tertiary/aromatic N) is 5. The first-order chi connectivity index (χ1) is 24.5. The average molecular weight is 735 g/mol. The number of carbonyl (C=O) groups is 3. The molecule has 3 heterocycles. The van der Waals surface area contributed by atoms with E-state index in [1.165, 1.54) is 0 Å². The van der Waals surface area contributed by atoms with E-state index < -0.39 is 6.04 Å². The first kappa shape index (κ1) is 36.6. The number of fused-ring (bicyclic) bond motifs is 2. The lowest BCUT2D eigenvalue weighted by atomic mass is 10.00. The Labute approximate surface area is 308 Å². The average Bonchev–Trinajstić information content (AvgIpc) is 3.74. The van der Waals surface area contributed by atoms with Gasteiger partial charge in [0.25, 0.3) is 5.91 Å². The van der Waals surface area contributed by atoms with Crippen LogP contribution in [0.15, 0.2) is 71.9 Å². The largest absolute Gasteiger partial charge is 0.409 e. The predicted molar refractivity (Wildman–Crippen MR) is 198 cm³/mol. The normalized spacial score (nSPS) is 21.3. The number of benzene rings is 3. The molecule has 0 aliphatic carbocycles. The molecule has 3 amide bonds. The van der Waals surface area contributed by atoms with Crippen LogP contribution in [-0.2, 0) is 16.0 Å². The third-order valence-electron chi connectivity index (χ3n) is 10.3. The second-order valence-electron chi connectivity index (χ2n) is 13.9. The van der Waals surface area contributed by atoms with Crippen molar-refractivity contribution in [3.05, 3.63) is 105 Å². The molecule has 3 saturated heterocycles. The van der Waals surface area contributed by atoms with Gasteiger partial charge in [0.1, 0.15) is 0 Å². The molecule has 3 aliphatic rings. The molecule has 0 saturated carbocycles. The van der Waals surface area contributed by atoms with Crippen LogP contribution in [0.25, 0.3) is 0 Å². The number of hydrogen-bond donors (Lipinski definition) is 3. The Bertz CT molecular complexity index is 1770. The lowest BCUT2D eigenvalue weighted by Gasteiger charge is -2.42. The third-order valence-corrected chi connectivity index (χ3v) is 11.0. The Morgan fingerprint density at radius 1 is 0.922 bits per heavy atom. The molecule has 11 nitrogen and oxygen atoms in total. The van der Waals surface area contributed by atoms with Crippen LogP contribution in [0.1, 0.15) is 51.5 Å². The number of halogens is 2. The summed E-state index contributed by atoms with van der Waals surface area (Å²) < 4.78 is 0. The van der Waals surface area contributed by atoms with Gasteiger partial charge >= 0.3 is 0 Å². The molecule has 0 aromatic heterocycles. The minimum atomic E-state index is -0.527. The van der Waals surface area contributed by atoms with Crippen LogP contribution >= 0.6 is 23.2 Å². The van der Waals surface area contributed by atoms with Crippen molar-refractivity contribution in [1.82, 2.24) is 24.9 Å². The molecule has 3 aliphatic heterocycles. The Kier molecular flexibility index (Phi) is 11.5. The lowest BCUT2D eigenvalue weighted by Crippen LogP contribution is -2.56. The molecule has 0 radical (unpaired) electrons. The third kappa shape index (κ3) is 8.49. The highest BCUT2D eigenvalue weighted by molar-refractivity contribution is 6.42. The zero-order valence-electron chi connectivity index (χ0n) is 29.0. The standard InChI is InChI=1S/C38H45Cl2N7O4/c1-24-14-25(2)16-28(15-24)37(49)45-12-13-46(34(23-45)27-8-9-31(39)32(40)18-27)36(48)10-11-44-21-30-19-29(44)22-47(30)38(50)33(42-20-35(41)43-51)17-26-6-4-3-5-7-26/h3-9,14-16,18,29-30,33-34,42,51H,10-13,17,19-23H2,1-2H3,(H2,41,43)/t29-,30+,33?,34-/m0/s1. The van der Waals surface area contributed by atoms with E-state index in [9.17, 15) is 14.4 Å². The monoisotopic (exact) mass is 733 g/mol. The van der Waals surface area contributed by atoms with Gasteiger partial charge in [-0.05, 0) is 62.1 Å². The summed E-state index contributed by atoms with van der Waals surface area (Å²) in [5.41, 5.74) is 10.3. The number of piperazine rings is 2. The smallest absolute Gasteiger partial charge is 0.254 e. The number of carbonyl (C=O) groups excluding carboxylic acids is 3. The van der Waals surface area contributed by atoms with Gasteiger partial charge in [0, 0.05) is 63.3 Å². The van der Waals surface area contributed by atoms with Gasteiger partial charge in [-0.25, -0.2) is 0 Å². The van der Waals surface area contributed by atoms with Gasteiger partial charge < -0.3 is 25.6 Å². The van der Waals surface area contributed by atoms with Crippen molar-refractivity contribution in [3.8, 4) is 0 Å². The maximum atomic E-state index is 13.9. The van der Waals surface area contributed by atoms with E-state index in [-0.39, 0.29) is 48.2 Å². The van der Waals surface area contributed by atoms with Crippen LogP contribution in [-0.4, -0.2) is 112 Å². The number of amides is 3. The molecule has 3 aromatic carbocycles. The van der Waals surface area contributed by atoms with Crippen LogP contribution in [0, 0.1) is 13.8 Å². The van der Waals surface area contributed by atoms with Crippen molar-refractivity contribution in [2.75, 3.05) is 45.8 Å². The number of oxime groups is 1. The van der Waals surface area contributed by atoms with Gasteiger partial charge in [0.2, 0.25) is 11.8 Å². The molecule has 4 N–H and O–H groups in total. The second-order valence-corrected chi connectivity index (χ2v) is 14.7. The summed E-state index contributed by atoms with van der Waals surface area (Å²) in [6.07, 6.45) is 1.65. The van der Waals surface area contributed by atoms with Gasteiger partial charge in [0.15, 0.2) is 5.84 Å². The fourth-order valence-electron chi connectivity index (χ4n) is 7.79. The number of rotatable bonds is 11. The first-order valence-electron chi connectivity index (χ1n) is 17.4. The van der Waals surface area contributed by atoms with Gasteiger partial charge in [-0.15, -0.1) is 0 Å². The molecular formula is C38H45Cl2N7O4. The Hall–Kier alpha value is -4.16. The fraction of sp³-hybridized carbons (Fsp3) is 0.421. The zero-order chi connectivity index (χ0) is 36.2. The van der Waals surface area contributed by atoms with Gasteiger partial charge in [0.05, 0.1) is 28.7 Å². The number of likely N-dealkylation sites (tertiary alicyclic amines) is 2. The first-order valence-corrected chi connectivity index (χ1v) is 18.2. The maximum Gasteiger partial charge on any atom is 0.254 e. The quantitative estimate of drug-likeness (QED) is 0.116. The SMILES string of the molecule is Cc1cc(C)cc(C(=O)N2CCN(C(=O)CCN3C[C@H]4C[C@H]3CN4C(=O)C(Cc3ccccc3)NCC(N)=NO)[C@H](c3ccc(Cl)c(Cl)c3)C2)c1. The summed E-state index contributed by atoms with van der Waals surface area (Å²) in [4.78, 5) is 49.4. The molecule has 2 bridgehead atoms. The molecule has 6 rings (SSSR count). The summed E-state index contributed by atoms with van der Waals surface area (Å²) in [6, 6.07) is 20.3. The van der Waals surface area contributed by atoms with Crippen LogP contribution in [0.4, 0.5) is 0 Å². The van der Waals surface area contributed by atoms with E-state index in [2.05, 4.69) is 15.4 Å². The number of nitrogens with two attached hydrogens (primary N) is 1. The van der Waals surface area contributed by atoms with Crippen molar-refractivity contribution < 1.29 is 19.6 Å². The molecule has 1 unspecified atom stereocenters. The lowest BCUT2D eigenvalue weighted by molar-refractivity contribution is -0.138. The number of aryl methyl sites for hydroxylation is 2. The fourth-order valence-corrected chi connectivity index (χ4v) is 8.09. The van der Waals surface area contributed by atoms with E-state index in [1.807, 2.05) is 83.1 Å². The van der Waals surface area contributed by atoms with Crippen molar-refractivity contribution in [1.29, 1.82) is 0 Å². The highest BCUT2D eigenvalue weighted by Gasteiger charge is 2.46. The van der Waals surface area contributed by atoms with Crippen molar-refractivity contribution in [2.45, 2.75) is 57.3 Å². The topological polar surface area (TPSA) is 135 Å².